The van der Waals surface area contributed by atoms with Gasteiger partial charge < -0.3 is 24.5 Å². The number of ether oxygens (including phenoxy) is 2. The molecular weight excluding hydrogens is 289 g/mol. The Morgan fingerprint density at radius 3 is 2.95 bits per heavy atom. The van der Waals surface area contributed by atoms with Crippen LogP contribution < -0.4 is 15.4 Å². The van der Waals surface area contributed by atoms with Gasteiger partial charge in [-0.25, -0.2) is 4.39 Å². The highest BCUT2D eigenvalue weighted by molar-refractivity contribution is 5.76. The minimum absolute atomic E-state index is 0.114. The summed E-state index contributed by atoms with van der Waals surface area (Å²) in [6.45, 7) is 3.11. The summed E-state index contributed by atoms with van der Waals surface area (Å²) in [5.74, 6) is 0.588. The molecule has 0 atom stereocenters. The Kier molecular flexibility index (Phi) is 4.55. The summed E-state index contributed by atoms with van der Waals surface area (Å²) in [4.78, 5) is 6.51. The van der Waals surface area contributed by atoms with Crippen LogP contribution >= 0.6 is 0 Å². The van der Waals surface area contributed by atoms with Crippen molar-refractivity contribution < 1.29 is 18.3 Å². The topological polar surface area (TPSA) is 73.8 Å². The number of hydrogen-bond acceptors (Lipinski definition) is 6. The Balaban J connectivity index is 1.75. The van der Waals surface area contributed by atoms with E-state index in [1.807, 2.05) is 11.0 Å². The molecule has 2 N–H and O–H groups in total. The van der Waals surface area contributed by atoms with Crippen molar-refractivity contribution in [2.45, 2.75) is 0 Å². The summed E-state index contributed by atoms with van der Waals surface area (Å²) in [7, 11) is 0. The van der Waals surface area contributed by atoms with E-state index in [2.05, 4.69) is 4.98 Å². The Labute approximate surface area is 127 Å². The maximum Gasteiger partial charge on any atom is 0.298 e. The highest BCUT2D eigenvalue weighted by Crippen LogP contribution is 2.26. The second kappa shape index (κ2) is 6.76. The van der Waals surface area contributed by atoms with Crippen molar-refractivity contribution >= 4 is 17.1 Å². The van der Waals surface area contributed by atoms with E-state index >= 15 is 0 Å². The lowest BCUT2D eigenvalue weighted by atomic mass is 10.3. The first-order valence-electron chi connectivity index (χ1n) is 7.14. The van der Waals surface area contributed by atoms with Crippen molar-refractivity contribution in [2.24, 2.45) is 5.73 Å². The highest BCUT2D eigenvalue weighted by Gasteiger charge is 2.17. The molecule has 0 saturated carbocycles. The molecule has 0 aliphatic carbocycles. The van der Waals surface area contributed by atoms with Gasteiger partial charge in [-0.1, -0.05) is 0 Å². The predicted molar refractivity (Wildman–Crippen MR) is 80.8 cm³/mol. The van der Waals surface area contributed by atoms with Crippen molar-refractivity contribution in [3.63, 3.8) is 0 Å². The lowest BCUT2D eigenvalue weighted by Gasteiger charge is -2.24. The summed E-state index contributed by atoms with van der Waals surface area (Å²) < 4.78 is 29.0. The number of nitrogens with zero attached hydrogens (tertiary/aromatic N) is 2. The molecule has 1 aliphatic heterocycles. The van der Waals surface area contributed by atoms with E-state index in [1.54, 1.807) is 12.1 Å². The molecule has 2 aromatic rings. The van der Waals surface area contributed by atoms with E-state index in [4.69, 9.17) is 19.6 Å². The third kappa shape index (κ3) is 3.20. The molecule has 0 amide bonds. The van der Waals surface area contributed by atoms with Crippen LogP contribution in [0.3, 0.4) is 0 Å². The monoisotopic (exact) mass is 307 g/mol. The average molecular weight is 307 g/mol. The van der Waals surface area contributed by atoms with Gasteiger partial charge in [0, 0.05) is 31.3 Å². The van der Waals surface area contributed by atoms with E-state index in [0.717, 1.165) is 18.6 Å². The smallest absolute Gasteiger partial charge is 0.298 e. The number of fused-ring (bicyclic) bond motifs is 1. The molecule has 6 nitrogen and oxygen atoms in total. The van der Waals surface area contributed by atoms with Crippen molar-refractivity contribution in [3.05, 3.63) is 30.1 Å². The van der Waals surface area contributed by atoms with Crippen LogP contribution in [-0.2, 0) is 4.74 Å². The van der Waals surface area contributed by atoms with E-state index < -0.39 is 0 Å². The van der Waals surface area contributed by atoms with E-state index in [1.165, 1.54) is 0 Å². The minimum Gasteiger partial charge on any atom is -0.489 e. The number of aromatic nitrogens is 1. The van der Waals surface area contributed by atoms with Crippen LogP contribution in [0.25, 0.3) is 11.1 Å². The molecule has 2 heterocycles. The number of hydrogen-bond donors (Lipinski definition) is 1. The zero-order chi connectivity index (χ0) is 15.4. The van der Waals surface area contributed by atoms with E-state index in [0.29, 0.717) is 42.5 Å². The van der Waals surface area contributed by atoms with Gasteiger partial charge in [0.1, 0.15) is 17.9 Å². The normalized spacial score (nSPS) is 16.3. The number of rotatable bonds is 5. The van der Waals surface area contributed by atoms with Gasteiger partial charge >= 0.3 is 0 Å². The van der Waals surface area contributed by atoms with Crippen LogP contribution in [0.5, 0.6) is 5.75 Å². The molecular formula is C15H18FN3O3. The molecule has 118 valence electrons. The Hall–Kier alpha value is -2.12. The summed E-state index contributed by atoms with van der Waals surface area (Å²) in [5, 5.41) is 0. The van der Waals surface area contributed by atoms with Crippen molar-refractivity contribution in [2.75, 3.05) is 44.4 Å². The maximum absolute atomic E-state index is 12.5. The van der Waals surface area contributed by atoms with Crippen LogP contribution in [-0.4, -0.2) is 44.4 Å². The lowest BCUT2D eigenvalue weighted by Crippen LogP contribution is -2.36. The average Bonchev–Trinajstić information content (AvgIpc) is 3.00. The molecule has 3 rings (SSSR count). The molecule has 0 spiro atoms. The third-order valence-electron chi connectivity index (χ3n) is 3.47. The van der Waals surface area contributed by atoms with Gasteiger partial charge in [0.2, 0.25) is 0 Å². The number of benzene rings is 1. The molecule has 1 aromatic carbocycles. The van der Waals surface area contributed by atoms with E-state index in [-0.39, 0.29) is 13.2 Å². The second-order valence-electron chi connectivity index (χ2n) is 4.99. The van der Waals surface area contributed by atoms with Gasteiger partial charge in [0.25, 0.3) is 6.01 Å². The number of nitrogens with two attached hydrogens (primary N) is 1. The Morgan fingerprint density at radius 1 is 1.41 bits per heavy atom. The number of halogens is 1. The molecule has 1 fully saturated rings. The van der Waals surface area contributed by atoms with Gasteiger partial charge in [0.15, 0.2) is 5.58 Å². The van der Waals surface area contributed by atoms with Gasteiger partial charge in [-0.3, -0.25) is 0 Å². The van der Waals surface area contributed by atoms with Crippen molar-refractivity contribution in [1.29, 1.82) is 0 Å². The fraction of sp³-hybridized carbons (Fsp3) is 0.400. The molecule has 1 saturated heterocycles. The van der Waals surface area contributed by atoms with Crippen LogP contribution in [0.15, 0.2) is 34.5 Å². The summed E-state index contributed by atoms with van der Waals surface area (Å²) in [5.41, 5.74) is 7.18. The van der Waals surface area contributed by atoms with Gasteiger partial charge in [0.05, 0.1) is 19.5 Å². The Bertz CT molecular complexity index is 665. The standard InChI is InChI=1S/C15H18FN3O3/c16-8-11(9-17)10-21-12-1-2-13-14(7-12)22-15(18-13)19-3-5-20-6-4-19/h1-2,7-8H,3-6,9-10,17H2/b11-8+. The first-order chi connectivity index (χ1) is 10.8. The zero-order valence-corrected chi connectivity index (χ0v) is 12.1. The zero-order valence-electron chi connectivity index (χ0n) is 12.1. The molecule has 7 heteroatoms. The third-order valence-corrected chi connectivity index (χ3v) is 3.47. The SMILES string of the molecule is NC/C(=C\F)COc1ccc2nc(N3CCOCC3)oc2c1. The fourth-order valence-corrected chi connectivity index (χ4v) is 2.18. The maximum atomic E-state index is 12.5. The summed E-state index contributed by atoms with van der Waals surface area (Å²) in [6, 6.07) is 5.93. The first kappa shape index (κ1) is 14.8. The molecule has 1 aliphatic rings. The van der Waals surface area contributed by atoms with Crippen LogP contribution in [0.2, 0.25) is 0 Å². The number of oxazole rings is 1. The van der Waals surface area contributed by atoms with Crippen LogP contribution in [0.1, 0.15) is 0 Å². The van der Waals surface area contributed by atoms with E-state index in [9.17, 15) is 4.39 Å². The van der Waals surface area contributed by atoms with Gasteiger partial charge in [-0.15, -0.1) is 0 Å². The number of morpholine rings is 1. The van der Waals surface area contributed by atoms with Crippen LogP contribution in [0, 0.1) is 0 Å². The predicted octanol–water partition coefficient (Wildman–Crippen LogP) is 1.86. The molecule has 1 aromatic heterocycles. The van der Waals surface area contributed by atoms with Gasteiger partial charge in [-0.05, 0) is 12.1 Å². The van der Waals surface area contributed by atoms with Crippen molar-refractivity contribution in [3.8, 4) is 5.75 Å². The fourth-order valence-electron chi connectivity index (χ4n) is 2.18. The minimum atomic E-state index is 0.114. The van der Waals surface area contributed by atoms with Crippen LogP contribution in [0.4, 0.5) is 10.4 Å². The Morgan fingerprint density at radius 2 is 2.23 bits per heavy atom. The van der Waals surface area contributed by atoms with Gasteiger partial charge in [-0.2, -0.15) is 4.98 Å². The molecule has 0 bridgehead atoms. The van der Waals surface area contributed by atoms with Crippen molar-refractivity contribution in [1.82, 2.24) is 4.98 Å². The molecule has 0 unspecified atom stereocenters. The highest BCUT2D eigenvalue weighted by atomic mass is 19.1. The largest absolute Gasteiger partial charge is 0.489 e. The quantitative estimate of drug-likeness (QED) is 0.909. The summed E-state index contributed by atoms with van der Waals surface area (Å²) >= 11 is 0. The summed E-state index contributed by atoms with van der Waals surface area (Å²) in [6.07, 6.45) is 0.476. The lowest BCUT2D eigenvalue weighted by molar-refractivity contribution is 0.120. The molecule has 22 heavy (non-hydrogen) atoms. The second-order valence-corrected chi connectivity index (χ2v) is 4.99. The number of anilines is 1. The molecule has 0 radical (unpaired) electrons. The first-order valence-corrected chi connectivity index (χ1v) is 7.14.